The summed E-state index contributed by atoms with van der Waals surface area (Å²) in [4.78, 5) is 27.4. The molecule has 4 aliphatic rings. The second-order valence-corrected chi connectivity index (χ2v) is 11.2. The second-order valence-electron chi connectivity index (χ2n) is 11.2. The van der Waals surface area contributed by atoms with Crippen LogP contribution in [-0.2, 0) is 9.59 Å². The van der Waals surface area contributed by atoms with Gasteiger partial charge < -0.3 is 10.0 Å². The maximum absolute atomic E-state index is 13.0. The molecule has 1 aromatic carbocycles. The maximum atomic E-state index is 13.0. The van der Waals surface area contributed by atoms with E-state index in [0.29, 0.717) is 25.2 Å². The Morgan fingerprint density at radius 1 is 1.12 bits per heavy atom. The number of hydrogen-bond acceptors (Lipinski definition) is 4. The van der Waals surface area contributed by atoms with Crippen molar-refractivity contribution in [3.63, 3.8) is 0 Å². The Morgan fingerprint density at radius 3 is 2.52 bits per heavy atom. The Hall–Kier alpha value is -2.20. The molecular weight excluding hydrogens is 410 g/mol. The van der Waals surface area contributed by atoms with Crippen LogP contribution in [-0.4, -0.2) is 36.4 Å². The van der Waals surface area contributed by atoms with Gasteiger partial charge in [-0.3, -0.25) is 9.59 Å². The number of hydrogen-bond donors (Lipinski definition) is 1. The molecule has 2 fully saturated rings. The molecule has 5 atom stereocenters. The molecule has 0 saturated heterocycles. The van der Waals surface area contributed by atoms with E-state index in [2.05, 4.69) is 50.2 Å². The van der Waals surface area contributed by atoms with Crippen LogP contribution in [0, 0.1) is 17.3 Å². The summed E-state index contributed by atoms with van der Waals surface area (Å²) < 4.78 is 0. The highest BCUT2D eigenvalue weighted by Crippen LogP contribution is 2.66. The minimum absolute atomic E-state index is 0.00939. The lowest BCUT2D eigenvalue weighted by molar-refractivity contribution is -0.154. The van der Waals surface area contributed by atoms with Crippen LogP contribution < -0.4 is 4.90 Å². The van der Waals surface area contributed by atoms with Crippen molar-refractivity contribution in [3.05, 3.63) is 52.6 Å². The first-order valence-electron chi connectivity index (χ1n) is 12.7. The van der Waals surface area contributed by atoms with E-state index in [9.17, 15) is 14.7 Å². The normalized spacial score (nSPS) is 35.5. The Labute approximate surface area is 197 Å². The molecule has 1 N–H and O–H groups in total. The summed E-state index contributed by atoms with van der Waals surface area (Å²) in [6.45, 7) is 4.06. The van der Waals surface area contributed by atoms with Gasteiger partial charge in [-0.15, -0.1) is 0 Å². The van der Waals surface area contributed by atoms with Crippen molar-refractivity contribution in [1.29, 1.82) is 0 Å². The largest absolute Gasteiger partial charge is 0.381 e. The Kier molecular flexibility index (Phi) is 5.43. The topological polar surface area (TPSA) is 57.6 Å². The Balaban J connectivity index is 1.62. The highest BCUT2D eigenvalue weighted by atomic mass is 16.3. The quantitative estimate of drug-likeness (QED) is 0.675. The van der Waals surface area contributed by atoms with Crippen molar-refractivity contribution in [2.45, 2.75) is 76.7 Å². The average Bonchev–Trinajstić information content (AvgIpc) is 3.09. The molecular formula is C29H37NO3. The van der Waals surface area contributed by atoms with Gasteiger partial charge in [-0.2, -0.15) is 0 Å². The molecule has 2 saturated carbocycles. The van der Waals surface area contributed by atoms with Gasteiger partial charge in [-0.1, -0.05) is 31.6 Å². The molecule has 5 rings (SSSR count). The third-order valence-corrected chi connectivity index (χ3v) is 9.56. The molecule has 0 unspecified atom stereocenters. The lowest BCUT2D eigenvalue weighted by Crippen LogP contribution is -2.54. The number of carbonyl (C=O) groups is 2. The van der Waals surface area contributed by atoms with Crippen molar-refractivity contribution in [1.82, 2.24) is 0 Å². The van der Waals surface area contributed by atoms with Gasteiger partial charge in [0.15, 0.2) is 11.6 Å². The molecule has 0 amide bonds. The van der Waals surface area contributed by atoms with Crippen molar-refractivity contribution < 1.29 is 14.7 Å². The SMILES string of the molecule is CCC(=O)[C@@]1(O)CC[C@H]2[C@H]3C(=C4CCC(=O)C=C4C[C@@H]3c3ccc(N(C)C)cc3)CC[C@@]21C. The van der Waals surface area contributed by atoms with E-state index in [-0.39, 0.29) is 28.8 Å². The first-order chi connectivity index (χ1) is 15.7. The smallest absolute Gasteiger partial charge is 0.164 e. The first kappa shape index (κ1) is 22.6. The predicted molar refractivity (Wildman–Crippen MR) is 131 cm³/mol. The minimum atomic E-state index is -1.21. The molecule has 4 heteroatoms. The van der Waals surface area contributed by atoms with Crippen molar-refractivity contribution in [2.24, 2.45) is 17.3 Å². The molecule has 0 spiro atoms. The summed E-state index contributed by atoms with van der Waals surface area (Å²) in [6.07, 6.45) is 7.88. The lowest BCUT2D eigenvalue weighted by Gasteiger charge is -2.53. The van der Waals surface area contributed by atoms with Crippen LogP contribution >= 0.6 is 0 Å². The monoisotopic (exact) mass is 447 g/mol. The van der Waals surface area contributed by atoms with Gasteiger partial charge in [-0.05, 0) is 91.2 Å². The Bertz CT molecular complexity index is 1050. The molecule has 4 nitrogen and oxygen atoms in total. The maximum Gasteiger partial charge on any atom is 0.164 e. The molecule has 0 aliphatic heterocycles. The molecule has 4 aliphatic carbocycles. The van der Waals surface area contributed by atoms with Crippen LogP contribution in [0.3, 0.4) is 0 Å². The molecule has 1 aromatic rings. The van der Waals surface area contributed by atoms with E-state index in [1.165, 1.54) is 28.0 Å². The van der Waals surface area contributed by atoms with Gasteiger partial charge in [0.1, 0.15) is 5.60 Å². The summed E-state index contributed by atoms with van der Waals surface area (Å²) in [5.41, 5.74) is 5.05. The van der Waals surface area contributed by atoms with Gasteiger partial charge >= 0.3 is 0 Å². The highest BCUT2D eigenvalue weighted by molar-refractivity contribution is 5.93. The van der Waals surface area contributed by atoms with Crippen LogP contribution in [0.5, 0.6) is 0 Å². The van der Waals surface area contributed by atoms with Gasteiger partial charge in [-0.25, -0.2) is 0 Å². The van der Waals surface area contributed by atoms with Crippen LogP contribution in [0.25, 0.3) is 0 Å². The third kappa shape index (κ3) is 3.28. The molecule has 0 radical (unpaired) electrons. The molecule has 0 bridgehead atoms. The van der Waals surface area contributed by atoms with E-state index in [1.54, 1.807) is 0 Å². The minimum Gasteiger partial charge on any atom is -0.381 e. The van der Waals surface area contributed by atoms with E-state index in [1.807, 2.05) is 13.0 Å². The zero-order valence-corrected chi connectivity index (χ0v) is 20.5. The van der Waals surface area contributed by atoms with E-state index in [4.69, 9.17) is 0 Å². The summed E-state index contributed by atoms with van der Waals surface area (Å²) in [5, 5.41) is 11.7. The summed E-state index contributed by atoms with van der Waals surface area (Å²) >= 11 is 0. The number of allylic oxidation sites excluding steroid dienone is 4. The molecule has 0 heterocycles. The zero-order valence-electron chi connectivity index (χ0n) is 20.5. The fourth-order valence-corrected chi connectivity index (χ4v) is 7.69. The van der Waals surface area contributed by atoms with Gasteiger partial charge in [0.2, 0.25) is 0 Å². The molecule has 33 heavy (non-hydrogen) atoms. The fourth-order valence-electron chi connectivity index (χ4n) is 7.69. The van der Waals surface area contributed by atoms with Crippen molar-refractivity contribution in [3.8, 4) is 0 Å². The third-order valence-electron chi connectivity index (χ3n) is 9.56. The van der Waals surface area contributed by atoms with E-state index in [0.717, 1.165) is 32.1 Å². The number of benzene rings is 1. The number of anilines is 1. The molecule has 176 valence electrons. The number of ketones is 2. The number of fused-ring (bicyclic) bond motifs is 4. The van der Waals surface area contributed by atoms with E-state index >= 15 is 0 Å². The van der Waals surface area contributed by atoms with Gasteiger partial charge in [0.05, 0.1) is 0 Å². The first-order valence-corrected chi connectivity index (χ1v) is 12.7. The summed E-state index contributed by atoms with van der Waals surface area (Å²) in [7, 11) is 4.11. The van der Waals surface area contributed by atoms with Gasteiger partial charge in [0, 0.05) is 38.0 Å². The van der Waals surface area contributed by atoms with Crippen LogP contribution in [0.15, 0.2) is 47.1 Å². The summed E-state index contributed by atoms with van der Waals surface area (Å²) in [5.74, 6) is 1.15. The van der Waals surface area contributed by atoms with Crippen LogP contribution in [0.4, 0.5) is 5.69 Å². The fraction of sp³-hybridized carbons (Fsp3) is 0.586. The number of rotatable bonds is 4. The predicted octanol–water partition coefficient (Wildman–Crippen LogP) is 5.36. The summed E-state index contributed by atoms with van der Waals surface area (Å²) in [6, 6.07) is 8.86. The molecule has 0 aromatic heterocycles. The van der Waals surface area contributed by atoms with Crippen molar-refractivity contribution >= 4 is 17.3 Å². The zero-order chi connectivity index (χ0) is 23.5. The van der Waals surface area contributed by atoms with Crippen LogP contribution in [0.1, 0.15) is 76.7 Å². The number of aliphatic hydroxyl groups is 1. The Morgan fingerprint density at radius 2 is 1.85 bits per heavy atom. The second kappa shape index (κ2) is 7.94. The highest BCUT2D eigenvalue weighted by Gasteiger charge is 2.64. The van der Waals surface area contributed by atoms with Crippen LogP contribution in [0.2, 0.25) is 0 Å². The standard InChI is InChI=1S/C29H37NO3/c1-5-26(32)29(33)15-13-25-27-23(12-14-28(25,29)2)22-11-10-21(31)16-19(22)17-24(27)18-6-8-20(9-7-18)30(3)4/h6-9,16,24-25,27,33H,5,10-15,17H2,1-4H3/t24-,25+,27+,28+,29+/m1/s1. The average molecular weight is 448 g/mol. The lowest BCUT2D eigenvalue weighted by atomic mass is 9.51. The van der Waals surface area contributed by atoms with Crippen molar-refractivity contribution in [2.75, 3.05) is 19.0 Å². The number of carbonyl (C=O) groups excluding carboxylic acids is 2. The van der Waals surface area contributed by atoms with Gasteiger partial charge in [0.25, 0.3) is 0 Å². The van der Waals surface area contributed by atoms with E-state index < -0.39 is 5.60 Å². The number of nitrogens with zero attached hydrogens (tertiary/aromatic N) is 1. The number of Topliss-reactive ketones (excluding diaryl/α,β-unsaturated/α-hetero) is 1.